The zero-order chi connectivity index (χ0) is 14.0. The van der Waals surface area contributed by atoms with Gasteiger partial charge in [-0.25, -0.2) is 13.4 Å². The maximum atomic E-state index is 12.3. The average molecular weight is 388 g/mol. The largest absolute Gasteiger partial charge is 0.263 e. The van der Waals surface area contributed by atoms with Gasteiger partial charge in [0.15, 0.2) is 0 Å². The second kappa shape index (κ2) is 5.46. The third kappa shape index (κ3) is 3.24. The van der Waals surface area contributed by atoms with E-state index in [1.165, 1.54) is 0 Å². The number of anilines is 1. The lowest BCUT2D eigenvalue weighted by molar-refractivity contribution is 0.601. The molecule has 1 heterocycles. The fraction of sp³-hybridized carbons (Fsp3) is 0.154. The summed E-state index contributed by atoms with van der Waals surface area (Å²) in [6.45, 7) is 3.69. The topological polar surface area (TPSA) is 59.1 Å². The Morgan fingerprint density at radius 3 is 2.53 bits per heavy atom. The van der Waals surface area contributed by atoms with Gasteiger partial charge in [-0.15, -0.1) is 0 Å². The van der Waals surface area contributed by atoms with Crippen LogP contribution in [0.25, 0.3) is 0 Å². The van der Waals surface area contributed by atoms with Gasteiger partial charge in [0, 0.05) is 9.77 Å². The van der Waals surface area contributed by atoms with E-state index in [1.807, 2.05) is 19.9 Å². The number of hydrogen-bond acceptors (Lipinski definition) is 3. The van der Waals surface area contributed by atoms with Crippen molar-refractivity contribution >= 4 is 38.4 Å². The van der Waals surface area contributed by atoms with Crippen molar-refractivity contribution < 1.29 is 8.42 Å². The molecule has 0 saturated heterocycles. The first kappa shape index (κ1) is 14.3. The molecule has 0 radical (unpaired) electrons. The van der Waals surface area contributed by atoms with Gasteiger partial charge in [-0.2, -0.15) is 0 Å². The Balaban J connectivity index is 2.38. The van der Waals surface area contributed by atoms with Crippen molar-refractivity contribution in [3.63, 3.8) is 0 Å². The minimum Gasteiger partial charge on any atom is -0.263 e. The van der Waals surface area contributed by atoms with Gasteiger partial charge in [-0.1, -0.05) is 6.07 Å². The third-order valence-electron chi connectivity index (χ3n) is 2.68. The molecule has 0 atom stereocenters. The maximum absolute atomic E-state index is 12.3. The molecule has 2 aromatic rings. The van der Waals surface area contributed by atoms with Crippen LogP contribution in [0.4, 0.5) is 5.82 Å². The van der Waals surface area contributed by atoms with Gasteiger partial charge in [0.2, 0.25) is 0 Å². The number of aryl methyl sites for hydroxylation is 2. The number of nitrogens with zero attached hydrogens (tertiary/aromatic N) is 1. The summed E-state index contributed by atoms with van der Waals surface area (Å²) in [5, 5.41) is 0. The van der Waals surface area contributed by atoms with Gasteiger partial charge in [-0.05, 0) is 71.8 Å². The van der Waals surface area contributed by atoms with Crippen molar-refractivity contribution in [3.05, 3.63) is 51.2 Å². The van der Waals surface area contributed by atoms with Crippen molar-refractivity contribution in [2.45, 2.75) is 18.7 Å². The average Bonchev–Trinajstić information content (AvgIpc) is 2.35. The van der Waals surface area contributed by atoms with Crippen LogP contribution in [0.5, 0.6) is 0 Å². The Morgan fingerprint density at radius 1 is 1.16 bits per heavy atom. The van der Waals surface area contributed by atoms with Gasteiger partial charge in [0.05, 0.1) is 4.90 Å². The van der Waals surface area contributed by atoms with Crippen LogP contribution in [-0.4, -0.2) is 13.4 Å². The van der Waals surface area contributed by atoms with E-state index in [-0.39, 0.29) is 4.90 Å². The molecule has 0 fully saturated rings. The molecule has 4 nitrogen and oxygen atoms in total. The van der Waals surface area contributed by atoms with E-state index in [9.17, 15) is 8.42 Å². The lowest BCUT2D eigenvalue weighted by Crippen LogP contribution is -2.15. The predicted octanol–water partition coefficient (Wildman–Crippen LogP) is 3.10. The van der Waals surface area contributed by atoms with Crippen LogP contribution in [-0.2, 0) is 10.0 Å². The number of halogens is 1. The molecule has 0 saturated carbocycles. The summed E-state index contributed by atoms with van der Waals surface area (Å²) < 4.78 is 28.1. The zero-order valence-corrected chi connectivity index (χ0v) is 13.5. The molecular formula is C13H13IN2O2S. The van der Waals surface area contributed by atoms with Crippen LogP contribution >= 0.6 is 22.6 Å². The molecule has 0 unspecified atom stereocenters. The molecule has 100 valence electrons. The van der Waals surface area contributed by atoms with E-state index >= 15 is 0 Å². The Bertz CT molecular complexity index is 714. The molecule has 1 N–H and O–H groups in total. The molecule has 1 aromatic carbocycles. The number of hydrogen-bond donors (Lipinski definition) is 1. The minimum atomic E-state index is -3.59. The van der Waals surface area contributed by atoms with Crippen LogP contribution in [0, 0.1) is 17.4 Å². The molecular weight excluding hydrogens is 375 g/mol. The zero-order valence-electron chi connectivity index (χ0n) is 10.5. The van der Waals surface area contributed by atoms with Gasteiger partial charge in [0.1, 0.15) is 5.82 Å². The normalized spacial score (nSPS) is 11.3. The van der Waals surface area contributed by atoms with Crippen molar-refractivity contribution in [2.75, 3.05) is 4.72 Å². The van der Waals surface area contributed by atoms with E-state index in [2.05, 4.69) is 32.3 Å². The van der Waals surface area contributed by atoms with Gasteiger partial charge in [0.25, 0.3) is 10.0 Å². The summed E-state index contributed by atoms with van der Waals surface area (Å²) in [4.78, 5) is 4.28. The number of sulfonamides is 1. The number of nitrogens with one attached hydrogen (secondary N) is 1. The van der Waals surface area contributed by atoms with Crippen LogP contribution < -0.4 is 4.72 Å². The summed E-state index contributed by atoms with van der Waals surface area (Å²) in [7, 11) is -3.59. The van der Waals surface area contributed by atoms with E-state index in [1.54, 1.807) is 30.5 Å². The Labute approximate surface area is 126 Å². The van der Waals surface area contributed by atoms with Crippen LogP contribution in [0.3, 0.4) is 0 Å². The first-order valence-electron chi connectivity index (χ1n) is 5.61. The number of pyridine rings is 1. The quantitative estimate of drug-likeness (QED) is 0.823. The molecule has 19 heavy (non-hydrogen) atoms. The van der Waals surface area contributed by atoms with Crippen LogP contribution in [0.1, 0.15) is 11.1 Å². The highest BCUT2D eigenvalue weighted by atomic mass is 127. The molecule has 0 spiro atoms. The minimum absolute atomic E-state index is 0.246. The summed E-state index contributed by atoms with van der Waals surface area (Å²) in [6.07, 6.45) is 1.56. The maximum Gasteiger partial charge on any atom is 0.263 e. The summed E-state index contributed by atoms with van der Waals surface area (Å²) in [5.74, 6) is 0.360. The molecule has 0 aliphatic rings. The van der Waals surface area contributed by atoms with E-state index < -0.39 is 10.0 Å². The first-order chi connectivity index (χ1) is 8.90. The highest BCUT2D eigenvalue weighted by molar-refractivity contribution is 14.1. The standard InChI is InChI=1S/C13H13IN2O2S/c1-9-4-3-7-15-13(9)16-19(17,18)11-5-6-12(14)10(2)8-11/h3-8H,1-2H3,(H,15,16). The van der Waals surface area contributed by atoms with Gasteiger partial charge in [-0.3, -0.25) is 4.72 Å². The van der Waals surface area contributed by atoms with Crippen LogP contribution in [0.2, 0.25) is 0 Å². The second-order valence-corrected chi connectivity index (χ2v) is 7.03. The Hall–Kier alpha value is -1.15. The van der Waals surface area contributed by atoms with Crippen molar-refractivity contribution in [1.29, 1.82) is 0 Å². The fourth-order valence-corrected chi connectivity index (χ4v) is 3.06. The Morgan fingerprint density at radius 2 is 1.89 bits per heavy atom. The molecule has 1 aromatic heterocycles. The smallest absolute Gasteiger partial charge is 0.263 e. The third-order valence-corrected chi connectivity index (χ3v) is 5.23. The molecule has 0 bridgehead atoms. The SMILES string of the molecule is Cc1cc(S(=O)(=O)Nc2ncccc2C)ccc1I. The first-order valence-corrected chi connectivity index (χ1v) is 8.17. The molecule has 0 aliphatic carbocycles. The van der Waals surface area contributed by atoms with E-state index in [4.69, 9.17) is 0 Å². The summed E-state index contributed by atoms with van der Waals surface area (Å²) in [5.41, 5.74) is 1.72. The predicted molar refractivity (Wildman–Crippen MR) is 83.7 cm³/mol. The number of aromatic nitrogens is 1. The lowest BCUT2D eigenvalue weighted by Gasteiger charge is -2.10. The lowest BCUT2D eigenvalue weighted by atomic mass is 10.2. The monoisotopic (exact) mass is 388 g/mol. The molecule has 0 amide bonds. The van der Waals surface area contributed by atoms with E-state index in [0.717, 1.165) is 14.7 Å². The summed E-state index contributed by atoms with van der Waals surface area (Å²) >= 11 is 2.17. The number of benzene rings is 1. The molecule has 6 heteroatoms. The van der Waals surface area contributed by atoms with Crippen LogP contribution in [0.15, 0.2) is 41.4 Å². The van der Waals surface area contributed by atoms with Gasteiger partial charge < -0.3 is 0 Å². The number of rotatable bonds is 3. The summed E-state index contributed by atoms with van der Waals surface area (Å²) in [6, 6.07) is 8.61. The van der Waals surface area contributed by atoms with Gasteiger partial charge >= 0.3 is 0 Å². The highest BCUT2D eigenvalue weighted by Crippen LogP contribution is 2.20. The van der Waals surface area contributed by atoms with Crippen molar-refractivity contribution in [3.8, 4) is 0 Å². The highest BCUT2D eigenvalue weighted by Gasteiger charge is 2.16. The molecule has 0 aliphatic heterocycles. The van der Waals surface area contributed by atoms with Crippen molar-refractivity contribution in [1.82, 2.24) is 4.98 Å². The fourth-order valence-electron chi connectivity index (χ4n) is 1.56. The Kier molecular flexibility index (Phi) is 4.10. The van der Waals surface area contributed by atoms with E-state index in [0.29, 0.717) is 5.82 Å². The molecule has 2 rings (SSSR count). The van der Waals surface area contributed by atoms with Crippen molar-refractivity contribution in [2.24, 2.45) is 0 Å². The second-order valence-electron chi connectivity index (χ2n) is 4.19.